The van der Waals surface area contributed by atoms with Gasteiger partial charge >= 0.3 is 0 Å². The fourth-order valence-corrected chi connectivity index (χ4v) is 1.42. The molecule has 0 saturated carbocycles. The lowest BCUT2D eigenvalue weighted by Gasteiger charge is -2.22. The van der Waals surface area contributed by atoms with Gasteiger partial charge in [-0.25, -0.2) is 0 Å². The van der Waals surface area contributed by atoms with Gasteiger partial charge in [0.15, 0.2) is 5.76 Å². The predicted molar refractivity (Wildman–Crippen MR) is 59.7 cm³/mol. The molecule has 1 amide bonds. The average Bonchev–Trinajstić information content (AvgIpc) is 2.77. The molecule has 0 aliphatic rings. The van der Waals surface area contributed by atoms with Crippen molar-refractivity contribution < 1.29 is 9.21 Å². The summed E-state index contributed by atoms with van der Waals surface area (Å²) in [5, 5.41) is 0. The second-order valence-corrected chi connectivity index (χ2v) is 3.83. The molecule has 1 aromatic heterocycles. The molecule has 1 heterocycles. The Morgan fingerprint density at radius 3 is 2.73 bits per heavy atom. The molecule has 1 unspecified atom stereocenters. The van der Waals surface area contributed by atoms with Crippen LogP contribution in [0.5, 0.6) is 0 Å². The first-order chi connectivity index (χ1) is 7.19. The number of carbonyl (C=O) groups is 1. The highest BCUT2D eigenvalue weighted by molar-refractivity contribution is 5.91. The second-order valence-electron chi connectivity index (χ2n) is 3.83. The summed E-state index contributed by atoms with van der Waals surface area (Å²) in [6.45, 7) is 7.80. The molecule has 0 fully saturated rings. The van der Waals surface area contributed by atoms with E-state index in [4.69, 9.17) is 4.42 Å². The van der Waals surface area contributed by atoms with Crippen LogP contribution in [0.2, 0.25) is 0 Å². The van der Waals surface area contributed by atoms with E-state index in [0.29, 0.717) is 11.7 Å². The molecular formula is C12H19NO2. The van der Waals surface area contributed by atoms with E-state index < -0.39 is 0 Å². The van der Waals surface area contributed by atoms with Crippen molar-refractivity contribution >= 4 is 5.91 Å². The molecule has 0 radical (unpaired) electrons. The molecule has 0 aliphatic carbocycles. The Kier molecular flexibility index (Phi) is 4.40. The third-order valence-corrected chi connectivity index (χ3v) is 2.63. The Morgan fingerprint density at radius 1 is 1.53 bits per heavy atom. The molecule has 3 nitrogen and oxygen atoms in total. The van der Waals surface area contributed by atoms with Crippen LogP contribution >= 0.6 is 0 Å². The van der Waals surface area contributed by atoms with Crippen LogP contribution < -0.4 is 0 Å². The minimum absolute atomic E-state index is 0.0113. The molecule has 0 aromatic carbocycles. The van der Waals surface area contributed by atoms with E-state index in [0.717, 1.165) is 19.5 Å². The van der Waals surface area contributed by atoms with Gasteiger partial charge in [0.2, 0.25) is 0 Å². The molecule has 15 heavy (non-hydrogen) atoms. The minimum Gasteiger partial charge on any atom is -0.459 e. The number of nitrogens with zero attached hydrogens (tertiary/aromatic N) is 1. The van der Waals surface area contributed by atoms with E-state index >= 15 is 0 Å². The third kappa shape index (κ3) is 3.11. The monoisotopic (exact) mass is 209 g/mol. The van der Waals surface area contributed by atoms with Gasteiger partial charge in [-0.3, -0.25) is 4.79 Å². The van der Waals surface area contributed by atoms with Gasteiger partial charge in [-0.2, -0.15) is 0 Å². The normalized spacial score (nSPS) is 12.5. The molecule has 1 atom stereocenters. The number of rotatable bonds is 5. The Hall–Kier alpha value is -1.25. The van der Waals surface area contributed by atoms with Crippen molar-refractivity contribution in [3.05, 3.63) is 24.2 Å². The zero-order valence-corrected chi connectivity index (χ0v) is 9.69. The SMILES string of the molecule is CCC(C)CN(CC)C(=O)c1ccco1. The van der Waals surface area contributed by atoms with Crippen molar-refractivity contribution in [3.63, 3.8) is 0 Å². The molecular weight excluding hydrogens is 190 g/mol. The third-order valence-electron chi connectivity index (χ3n) is 2.63. The van der Waals surface area contributed by atoms with Crippen molar-refractivity contribution in [1.29, 1.82) is 0 Å². The van der Waals surface area contributed by atoms with Crippen LogP contribution in [0.4, 0.5) is 0 Å². The number of hydrogen-bond acceptors (Lipinski definition) is 2. The largest absolute Gasteiger partial charge is 0.459 e. The summed E-state index contributed by atoms with van der Waals surface area (Å²) < 4.78 is 5.10. The second kappa shape index (κ2) is 5.59. The maximum atomic E-state index is 11.9. The number of furan rings is 1. The van der Waals surface area contributed by atoms with Crippen LogP contribution in [-0.4, -0.2) is 23.9 Å². The summed E-state index contributed by atoms with van der Waals surface area (Å²) >= 11 is 0. The standard InChI is InChI=1S/C12H19NO2/c1-4-10(3)9-13(5-2)12(14)11-7-6-8-15-11/h6-8,10H,4-5,9H2,1-3H3. The Balaban J connectivity index is 2.63. The summed E-state index contributed by atoms with van der Waals surface area (Å²) in [6.07, 6.45) is 2.62. The molecule has 0 bridgehead atoms. The zero-order chi connectivity index (χ0) is 11.3. The quantitative estimate of drug-likeness (QED) is 0.747. The van der Waals surface area contributed by atoms with Crippen LogP contribution in [0.3, 0.4) is 0 Å². The lowest BCUT2D eigenvalue weighted by atomic mass is 10.1. The lowest BCUT2D eigenvalue weighted by Crippen LogP contribution is -2.34. The fourth-order valence-electron chi connectivity index (χ4n) is 1.42. The summed E-state index contributed by atoms with van der Waals surface area (Å²) in [6, 6.07) is 3.45. The molecule has 84 valence electrons. The van der Waals surface area contributed by atoms with Gasteiger partial charge in [-0.1, -0.05) is 20.3 Å². The number of hydrogen-bond donors (Lipinski definition) is 0. The molecule has 0 spiro atoms. The Labute approximate surface area is 91.1 Å². The zero-order valence-electron chi connectivity index (χ0n) is 9.69. The van der Waals surface area contributed by atoms with E-state index in [2.05, 4.69) is 13.8 Å². The molecule has 3 heteroatoms. The van der Waals surface area contributed by atoms with Crippen LogP contribution in [0.15, 0.2) is 22.8 Å². The van der Waals surface area contributed by atoms with Crippen molar-refractivity contribution in [2.45, 2.75) is 27.2 Å². The first-order valence-corrected chi connectivity index (χ1v) is 5.51. The Bertz CT molecular complexity index is 293. The molecule has 0 saturated heterocycles. The molecule has 1 rings (SSSR count). The first-order valence-electron chi connectivity index (χ1n) is 5.51. The highest BCUT2D eigenvalue weighted by atomic mass is 16.3. The summed E-state index contributed by atoms with van der Waals surface area (Å²) in [5.41, 5.74) is 0. The van der Waals surface area contributed by atoms with Gasteiger partial charge in [0.25, 0.3) is 5.91 Å². The number of amides is 1. The van der Waals surface area contributed by atoms with E-state index in [1.165, 1.54) is 6.26 Å². The first kappa shape index (κ1) is 11.8. The van der Waals surface area contributed by atoms with Crippen molar-refractivity contribution in [3.8, 4) is 0 Å². The average molecular weight is 209 g/mol. The van der Waals surface area contributed by atoms with Gasteiger partial charge in [-0.15, -0.1) is 0 Å². The summed E-state index contributed by atoms with van der Waals surface area (Å²) in [4.78, 5) is 13.7. The van der Waals surface area contributed by atoms with E-state index in [-0.39, 0.29) is 5.91 Å². The van der Waals surface area contributed by atoms with Crippen LogP contribution in [-0.2, 0) is 0 Å². The highest BCUT2D eigenvalue weighted by Gasteiger charge is 2.17. The Morgan fingerprint density at radius 2 is 2.27 bits per heavy atom. The van der Waals surface area contributed by atoms with Gasteiger partial charge in [-0.05, 0) is 25.0 Å². The summed E-state index contributed by atoms with van der Waals surface area (Å²) in [7, 11) is 0. The molecule has 0 aliphatic heterocycles. The van der Waals surface area contributed by atoms with E-state index in [9.17, 15) is 4.79 Å². The fraction of sp³-hybridized carbons (Fsp3) is 0.583. The molecule has 0 N–H and O–H groups in total. The van der Waals surface area contributed by atoms with E-state index in [1.54, 1.807) is 12.1 Å². The summed E-state index contributed by atoms with van der Waals surface area (Å²) in [5.74, 6) is 0.951. The van der Waals surface area contributed by atoms with Crippen molar-refractivity contribution in [1.82, 2.24) is 4.90 Å². The van der Waals surface area contributed by atoms with Gasteiger partial charge in [0.05, 0.1) is 6.26 Å². The maximum Gasteiger partial charge on any atom is 0.289 e. The van der Waals surface area contributed by atoms with Gasteiger partial charge < -0.3 is 9.32 Å². The van der Waals surface area contributed by atoms with Gasteiger partial charge in [0, 0.05) is 13.1 Å². The minimum atomic E-state index is -0.0113. The maximum absolute atomic E-state index is 11.9. The van der Waals surface area contributed by atoms with Crippen LogP contribution in [0.25, 0.3) is 0 Å². The predicted octanol–water partition coefficient (Wildman–Crippen LogP) is 2.79. The number of carbonyl (C=O) groups excluding carboxylic acids is 1. The molecule has 1 aromatic rings. The van der Waals surface area contributed by atoms with Crippen LogP contribution in [0.1, 0.15) is 37.7 Å². The van der Waals surface area contributed by atoms with E-state index in [1.807, 2.05) is 11.8 Å². The van der Waals surface area contributed by atoms with Crippen molar-refractivity contribution in [2.24, 2.45) is 5.92 Å². The smallest absolute Gasteiger partial charge is 0.289 e. The van der Waals surface area contributed by atoms with Crippen LogP contribution in [0, 0.1) is 5.92 Å². The lowest BCUT2D eigenvalue weighted by molar-refractivity contribution is 0.0709. The topological polar surface area (TPSA) is 33.5 Å². The van der Waals surface area contributed by atoms with Gasteiger partial charge in [0.1, 0.15) is 0 Å². The van der Waals surface area contributed by atoms with Crippen molar-refractivity contribution in [2.75, 3.05) is 13.1 Å². The highest BCUT2D eigenvalue weighted by Crippen LogP contribution is 2.09.